The van der Waals surface area contributed by atoms with E-state index >= 15 is 0 Å². The molecule has 0 aliphatic rings. The second-order valence-corrected chi connectivity index (χ2v) is 4.19. The highest BCUT2D eigenvalue weighted by molar-refractivity contribution is 5.84. The van der Waals surface area contributed by atoms with Crippen molar-refractivity contribution in [1.29, 1.82) is 0 Å². The Hall–Kier alpha value is -1.71. The monoisotopic (exact) mass is 236 g/mol. The summed E-state index contributed by atoms with van der Waals surface area (Å²) in [4.78, 5) is 15.2. The van der Waals surface area contributed by atoms with Crippen LogP contribution >= 0.6 is 0 Å². The molecule has 0 aromatic heterocycles. The summed E-state index contributed by atoms with van der Waals surface area (Å²) in [5, 5.41) is 2.74. The van der Waals surface area contributed by atoms with Gasteiger partial charge in [-0.05, 0) is 12.0 Å². The molecule has 0 spiro atoms. The Bertz CT molecular complexity index is 402. The van der Waals surface area contributed by atoms with Crippen molar-refractivity contribution < 1.29 is 9.18 Å². The Labute approximate surface area is 101 Å². The van der Waals surface area contributed by atoms with Crippen LogP contribution in [0.25, 0.3) is 0 Å². The lowest BCUT2D eigenvalue weighted by Crippen LogP contribution is -2.29. The lowest BCUT2D eigenvalue weighted by molar-refractivity contribution is -0.119. The third-order valence-corrected chi connectivity index (χ3v) is 2.08. The van der Waals surface area contributed by atoms with Gasteiger partial charge in [0.15, 0.2) is 0 Å². The number of carbonyl (C=O) groups excluding carboxylic acids is 1. The molecule has 1 N–H and O–H groups in total. The summed E-state index contributed by atoms with van der Waals surface area (Å²) in [6, 6.07) is 6.32. The van der Waals surface area contributed by atoms with E-state index in [1.165, 1.54) is 12.3 Å². The highest BCUT2D eigenvalue weighted by atomic mass is 19.1. The molecule has 1 amide bonds. The summed E-state index contributed by atoms with van der Waals surface area (Å²) < 4.78 is 13.2. The summed E-state index contributed by atoms with van der Waals surface area (Å²) in [7, 11) is 0. The molecule has 92 valence electrons. The number of hydrogen-bond donors (Lipinski definition) is 1. The van der Waals surface area contributed by atoms with Gasteiger partial charge in [0, 0.05) is 18.3 Å². The fourth-order valence-corrected chi connectivity index (χ4v) is 1.18. The van der Waals surface area contributed by atoms with E-state index in [0.29, 0.717) is 18.0 Å². The number of nitrogens with one attached hydrogen (secondary N) is 1. The summed E-state index contributed by atoms with van der Waals surface area (Å²) in [6.45, 7) is 4.70. The molecule has 1 aromatic carbocycles. The first-order valence-electron chi connectivity index (χ1n) is 5.60. The Morgan fingerprint density at radius 1 is 1.47 bits per heavy atom. The number of rotatable bonds is 5. The zero-order chi connectivity index (χ0) is 12.7. The van der Waals surface area contributed by atoms with Crippen LogP contribution < -0.4 is 5.32 Å². The van der Waals surface area contributed by atoms with Gasteiger partial charge in [0.25, 0.3) is 0 Å². The van der Waals surface area contributed by atoms with Crippen molar-refractivity contribution >= 4 is 12.1 Å². The van der Waals surface area contributed by atoms with Gasteiger partial charge in [0.05, 0.1) is 0 Å². The number of carbonyl (C=O) groups is 1. The first-order valence-corrected chi connectivity index (χ1v) is 5.60. The molecule has 0 aliphatic heterocycles. The van der Waals surface area contributed by atoms with E-state index in [9.17, 15) is 9.18 Å². The maximum Gasteiger partial charge on any atom is 0.241 e. The van der Waals surface area contributed by atoms with Gasteiger partial charge < -0.3 is 5.32 Å². The van der Waals surface area contributed by atoms with Crippen LogP contribution in [0.2, 0.25) is 0 Å². The van der Waals surface area contributed by atoms with Crippen molar-refractivity contribution in [3.05, 3.63) is 35.6 Å². The smallest absolute Gasteiger partial charge is 0.241 e. The second kappa shape index (κ2) is 6.78. The van der Waals surface area contributed by atoms with Gasteiger partial charge in [-0.25, -0.2) is 4.39 Å². The molecule has 0 saturated heterocycles. The van der Waals surface area contributed by atoms with Crippen molar-refractivity contribution in [2.45, 2.75) is 13.8 Å². The van der Waals surface area contributed by atoms with Crippen molar-refractivity contribution in [1.82, 2.24) is 5.32 Å². The van der Waals surface area contributed by atoms with Crippen LogP contribution in [0.1, 0.15) is 19.4 Å². The highest BCUT2D eigenvalue weighted by Gasteiger charge is 2.00. The van der Waals surface area contributed by atoms with Crippen LogP contribution in [0.5, 0.6) is 0 Å². The molecule has 0 unspecified atom stereocenters. The fourth-order valence-electron chi connectivity index (χ4n) is 1.18. The summed E-state index contributed by atoms with van der Waals surface area (Å²) in [6.07, 6.45) is 1.38. The molecule has 0 fully saturated rings. The molecular formula is C13H17FN2O. The predicted octanol–water partition coefficient (Wildman–Crippen LogP) is 2.02. The van der Waals surface area contributed by atoms with Gasteiger partial charge in [0.2, 0.25) is 5.91 Å². The van der Waals surface area contributed by atoms with Crippen LogP contribution in [0, 0.1) is 11.7 Å². The SMILES string of the molecule is CC(C)CNC(=O)CN=Cc1ccccc1F. The van der Waals surface area contributed by atoms with Crippen molar-refractivity contribution in [2.24, 2.45) is 10.9 Å². The van der Waals surface area contributed by atoms with Crippen LogP contribution in [0.4, 0.5) is 4.39 Å². The first kappa shape index (κ1) is 13.4. The molecular weight excluding hydrogens is 219 g/mol. The van der Waals surface area contributed by atoms with Crippen LogP contribution in [-0.4, -0.2) is 25.2 Å². The normalized spacial score (nSPS) is 11.1. The summed E-state index contributed by atoms with van der Waals surface area (Å²) in [5.74, 6) is -0.0698. The topological polar surface area (TPSA) is 41.5 Å². The number of amides is 1. The van der Waals surface area contributed by atoms with Crippen molar-refractivity contribution in [2.75, 3.05) is 13.1 Å². The Morgan fingerprint density at radius 2 is 2.18 bits per heavy atom. The quantitative estimate of drug-likeness (QED) is 0.781. The van der Waals surface area contributed by atoms with E-state index in [-0.39, 0.29) is 18.3 Å². The third-order valence-electron chi connectivity index (χ3n) is 2.08. The van der Waals surface area contributed by atoms with Gasteiger partial charge in [-0.1, -0.05) is 32.0 Å². The van der Waals surface area contributed by atoms with E-state index in [2.05, 4.69) is 10.3 Å². The maximum absolute atomic E-state index is 13.2. The summed E-state index contributed by atoms with van der Waals surface area (Å²) >= 11 is 0. The average Bonchev–Trinajstić information content (AvgIpc) is 2.29. The van der Waals surface area contributed by atoms with Gasteiger partial charge in [-0.3, -0.25) is 9.79 Å². The van der Waals surface area contributed by atoms with Crippen molar-refractivity contribution in [3.8, 4) is 0 Å². The van der Waals surface area contributed by atoms with Gasteiger partial charge in [0.1, 0.15) is 12.4 Å². The molecule has 0 saturated carbocycles. The van der Waals surface area contributed by atoms with Crippen LogP contribution in [0.15, 0.2) is 29.3 Å². The zero-order valence-corrected chi connectivity index (χ0v) is 10.1. The number of benzene rings is 1. The molecule has 0 aliphatic carbocycles. The molecule has 0 radical (unpaired) electrons. The van der Waals surface area contributed by atoms with Crippen LogP contribution in [-0.2, 0) is 4.79 Å². The molecule has 17 heavy (non-hydrogen) atoms. The van der Waals surface area contributed by atoms with Gasteiger partial charge >= 0.3 is 0 Å². The molecule has 0 bridgehead atoms. The minimum atomic E-state index is -0.334. The number of hydrogen-bond acceptors (Lipinski definition) is 2. The standard InChI is InChI=1S/C13H17FN2O/c1-10(2)7-16-13(17)9-15-8-11-5-3-4-6-12(11)14/h3-6,8,10H,7,9H2,1-2H3,(H,16,17). The number of aliphatic imine (C=N–C) groups is 1. The molecule has 4 heteroatoms. The minimum Gasteiger partial charge on any atom is -0.354 e. The van der Waals surface area contributed by atoms with Gasteiger partial charge in [-0.15, -0.1) is 0 Å². The lowest BCUT2D eigenvalue weighted by Gasteiger charge is -2.05. The first-order chi connectivity index (χ1) is 8.09. The molecule has 1 rings (SSSR count). The van der Waals surface area contributed by atoms with E-state index in [0.717, 1.165) is 0 Å². The zero-order valence-electron chi connectivity index (χ0n) is 10.1. The maximum atomic E-state index is 13.2. The summed E-state index contributed by atoms with van der Waals surface area (Å²) in [5.41, 5.74) is 0.393. The fraction of sp³-hybridized carbons (Fsp3) is 0.385. The van der Waals surface area contributed by atoms with E-state index in [1.807, 2.05) is 13.8 Å². The van der Waals surface area contributed by atoms with Gasteiger partial charge in [-0.2, -0.15) is 0 Å². The van der Waals surface area contributed by atoms with E-state index < -0.39 is 0 Å². The Kier molecular flexibility index (Phi) is 5.33. The Balaban J connectivity index is 2.40. The minimum absolute atomic E-state index is 0.0288. The third kappa shape index (κ3) is 5.24. The average molecular weight is 236 g/mol. The number of halogens is 1. The largest absolute Gasteiger partial charge is 0.354 e. The van der Waals surface area contributed by atoms with Crippen LogP contribution in [0.3, 0.4) is 0 Å². The van der Waals surface area contributed by atoms with E-state index in [1.54, 1.807) is 18.2 Å². The molecule has 0 atom stereocenters. The lowest BCUT2D eigenvalue weighted by atomic mass is 10.2. The number of nitrogens with zero attached hydrogens (tertiary/aromatic N) is 1. The molecule has 0 heterocycles. The van der Waals surface area contributed by atoms with Crippen molar-refractivity contribution in [3.63, 3.8) is 0 Å². The second-order valence-electron chi connectivity index (χ2n) is 4.19. The molecule has 1 aromatic rings. The highest BCUT2D eigenvalue weighted by Crippen LogP contribution is 2.02. The molecule has 3 nitrogen and oxygen atoms in total. The van der Waals surface area contributed by atoms with E-state index in [4.69, 9.17) is 0 Å². The predicted molar refractivity (Wildman–Crippen MR) is 66.7 cm³/mol. The Morgan fingerprint density at radius 3 is 2.82 bits per heavy atom.